The lowest BCUT2D eigenvalue weighted by Gasteiger charge is -2.61. The molecule has 4 fully saturated rings. The predicted octanol–water partition coefficient (Wildman–Crippen LogP) is 6.46. The van der Waals surface area contributed by atoms with Crippen molar-refractivity contribution < 1.29 is 19.1 Å². The summed E-state index contributed by atoms with van der Waals surface area (Å²) in [5, 5.41) is 3.35. The number of carbonyl (C=O) groups excluding carboxylic acids is 2. The first kappa shape index (κ1) is 25.3. The maximum Gasteiger partial charge on any atom is 0.311 e. The van der Waals surface area contributed by atoms with Crippen LogP contribution in [0.25, 0.3) is 10.4 Å². The lowest BCUT2D eigenvalue weighted by Crippen LogP contribution is -2.54. The van der Waals surface area contributed by atoms with E-state index >= 15 is 0 Å². The molecule has 0 radical (unpaired) electrons. The van der Waals surface area contributed by atoms with E-state index in [0.29, 0.717) is 35.0 Å². The Balaban J connectivity index is 1.40. The van der Waals surface area contributed by atoms with Gasteiger partial charge in [-0.2, -0.15) is 0 Å². The average Bonchev–Trinajstić information content (AvgIpc) is 3.18. The number of rotatable bonds is 7. The fourth-order valence-electron chi connectivity index (χ4n) is 9.26. The smallest absolute Gasteiger partial charge is 0.311 e. The summed E-state index contributed by atoms with van der Waals surface area (Å²) in [6.07, 6.45) is 12.2. The summed E-state index contributed by atoms with van der Waals surface area (Å²) in [5.74, 6) is 3.78. The van der Waals surface area contributed by atoms with Crippen molar-refractivity contribution in [2.45, 2.75) is 97.5 Å². The largest absolute Gasteiger partial charge is 0.469 e. The molecule has 9 atom stereocenters. The third-order valence-corrected chi connectivity index (χ3v) is 11.0. The Kier molecular flexibility index (Phi) is 7.52. The maximum atomic E-state index is 12.0. The van der Waals surface area contributed by atoms with E-state index < -0.39 is 5.97 Å². The van der Waals surface area contributed by atoms with E-state index in [9.17, 15) is 9.59 Å². The summed E-state index contributed by atoms with van der Waals surface area (Å²) in [7, 11) is 1.49. The lowest BCUT2D eigenvalue weighted by atomic mass is 9.44. The SMILES string of the molecule is COC(=O)CC[C@@H](C)C1CC[C@H]2[C@@H]3CC[C@@H]4C[C@H](OC(=O)CN=[N+]=[N-])CCC4(C)C3CCC12C. The molecule has 0 N–H and O–H groups in total. The monoisotopic (exact) mass is 473 g/mol. The molecule has 0 aliphatic heterocycles. The minimum absolute atomic E-state index is 0.0311. The van der Waals surface area contributed by atoms with Gasteiger partial charge in [0.15, 0.2) is 0 Å². The van der Waals surface area contributed by atoms with E-state index in [1.54, 1.807) is 0 Å². The van der Waals surface area contributed by atoms with E-state index in [2.05, 4.69) is 30.8 Å². The van der Waals surface area contributed by atoms with Crippen LogP contribution in [-0.2, 0) is 19.1 Å². The summed E-state index contributed by atoms with van der Waals surface area (Å²) in [5.41, 5.74) is 9.18. The van der Waals surface area contributed by atoms with Crippen LogP contribution in [0.2, 0.25) is 0 Å². The van der Waals surface area contributed by atoms with E-state index in [1.807, 2.05) is 0 Å². The first-order valence-corrected chi connectivity index (χ1v) is 13.5. The summed E-state index contributed by atoms with van der Waals surface area (Å²) in [4.78, 5) is 26.3. The third-order valence-electron chi connectivity index (χ3n) is 11.0. The second-order valence-electron chi connectivity index (χ2n) is 12.3. The molecule has 34 heavy (non-hydrogen) atoms. The fraction of sp³-hybridized carbons (Fsp3) is 0.926. The van der Waals surface area contributed by atoms with E-state index in [1.165, 1.54) is 45.6 Å². The molecule has 0 aromatic heterocycles. The Labute approximate surface area is 204 Å². The second-order valence-corrected chi connectivity index (χ2v) is 12.3. The Morgan fingerprint density at radius 2 is 1.76 bits per heavy atom. The van der Waals surface area contributed by atoms with Gasteiger partial charge in [0.1, 0.15) is 12.6 Å². The zero-order chi connectivity index (χ0) is 24.5. The number of azide groups is 1. The zero-order valence-corrected chi connectivity index (χ0v) is 21.5. The first-order valence-electron chi connectivity index (χ1n) is 13.5. The Morgan fingerprint density at radius 3 is 2.50 bits per heavy atom. The molecular formula is C27H43N3O4. The molecule has 0 bridgehead atoms. The summed E-state index contributed by atoms with van der Waals surface area (Å²) >= 11 is 0. The summed E-state index contributed by atoms with van der Waals surface area (Å²) < 4.78 is 10.5. The van der Waals surface area contributed by atoms with Crippen LogP contribution in [0.5, 0.6) is 0 Å². The van der Waals surface area contributed by atoms with Gasteiger partial charge in [-0.3, -0.25) is 9.59 Å². The van der Waals surface area contributed by atoms with Crippen LogP contribution in [0, 0.1) is 46.3 Å². The number of methoxy groups -OCH3 is 1. The van der Waals surface area contributed by atoms with Crippen LogP contribution in [0.4, 0.5) is 0 Å². The molecule has 0 amide bonds. The van der Waals surface area contributed by atoms with Crippen LogP contribution >= 0.6 is 0 Å². The highest BCUT2D eigenvalue weighted by Gasteiger charge is 2.60. The molecule has 4 aliphatic carbocycles. The van der Waals surface area contributed by atoms with Gasteiger partial charge in [-0.1, -0.05) is 25.9 Å². The van der Waals surface area contributed by atoms with Crippen molar-refractivity contribution in [1.82, 2.24) is 0 Å². The highest BCUT2D eigenvalue weighted by Crippen LogP contribution is 2.68. The Morgan fingerprint density at radius 1 is 1.03 bits per heavy atom. The van der Waals surface area contributed by atoms with E-state index in [-0.39, 0.29) is 18.6 Å². The molecule has 0 aromatic rings. The van der Waals surface area contributed by atoms with Gasteiger partial charge in [0.2, 0.25) is 0 Å². The van der Waals surface area contributed by atoms with Crippen molar-refractivity contribution in [3.05, 3.63) is 10.4 Å². The maximum absolute atomic E-state index is 12.0. The van der Waals surface area contributed by atoms with Gasteiger partial charge in [-0.25, -0.2) is 0 Å². The Hall–Kier alpha value is -1.75. The predicted molar refractivity (Wildman–Crippen MR) is 130 cm³/mol. The fourth-order valence-corrected chi connectivity index (χ4v) is 9.26. The first-order chi connectivity index (χ1) is 16.2. The molecule has 4 rings (SSSR count). The molecule has 0 heterocycles. The van der Waals surface area contributed by atoms with Crippen LogP contribution in [0.1, 0.15) is 91.4 Å². The third kappa shape index (κ3) is 4.57. The normalized spacial score (nSPS) is 41.8. The minimum Gasteiger partial charge on any atom is -0.469 e. The molecule has 4 unspecified atom stereocenters. The molecule has 4 saturated carbocycles. The molecule has 190 valence electrons. The molecule has 4 aliphatic rings. The van der Waals surface area contributed by atoms with Gasteiger partial charge in [-0.15, -0.1) is 0 Å². The highest BCUT2D eigenvalue weighted by atomic mass is 16.5. The zero-order valence-electron chi connectivity index (χ0n) is 21.5. The van der Waals surface area contributed by atoms with Crippen LogP contribution in [0.15, 0.2) is 5.11 Å². The summed E-state index contributed by atoms with van der Waals surface area (Å²) in [6, 6.07) is 0. The standard InChI is InChI=1S/C27H43N3O4/c1-17(5-10-24(31)33-4)21-8-9-22-20-7-6-18-15-19(34-25(32)16-29-30-28)11-13-26(18,2)23(20)12-14-27(21,22)3/h17-23H,5-16H2,1-4H3/t17-,18-,19-,20+,21?,22+,23?,26?,27?/m1/s1. The number of hydrogen-bond acceptors (Lipinski definition) is 5. The van der Waals surface area contributed by atoms with Crippen molar-refractivity contribution in [3.8, 4) is 0 Å². The summed E-state index contributed by atoms with van der Waals surface area (Å²) in [6.45, 7) is 7.24. The van der Waals surface area contributed by atoms with Crippen molar-refractivity contribution in [2.75, 3.05) is 13.7 Å². The number of hydrogen-bond donors (Lipinski definition) is 0. The minimum atomic E-state index is -0.396. The number of fused-ring (bicyclic) bond motifs is 5. The molecule has 7 nitrogen and oxygen atoms in total. The second kappa shape index (κ2) is 10.1. The number of carbonyl (C=O) groups is 2. The quantitative estimate of drug-likeness (QED) is 0.183. The number of nitrogens with zero attached hydrogens (tertiary/aromatic N) is 3. The van der Waals surface area contributed by atoms with Crippen LogP contribution in [0.3, 0.4) is 0 Å². The molecule has 7 heteroatoms. The van der Waals surface area contributed by atoms with Crippen LogP contribution in [-0.4, -0.2) is 31.7 Å². The van der Waals surface area contributed by atoms with Gasteiger partial charge in [0, 0.05) is 11.3 Å². The van der Waals surface area contributed by atoms with Gasteiger partial charge in [-0.05, 0) is 116 Å². The molecule has 0 spiro atoms. The van der Waals surface area contributed by atoms with E-state index in [4.69, 9.17) is 15.0 Å². The van der Waals surface area contributed by atoms with Crippen molar-refractivity contribution in [2.24, 2.45) is 51.5 Å². The lowest BCUT2D eigenvalue weighted by molar-refractivity contribution is -0.161. The highest BCUT2D eigenvalue weighted by molar-refractivity contribution is 5.72. The molecular weight excluding hydrogens is 430 g/mol. The van der Waals surface area contributed by atoms with Gasteiger partial charge in [0.25, 0.3) is 0 Å². The molecule has 0 saturated heterocycles. The van der Waals surface area contributed by atoms with Gasteiger partial charge >= 0.3 is 11.9 Å². The van der Waals surface area contributed by atoms with Crippen molar-refractivity contribution in [1.29, 1.82) is 0 Å². The average molecular weight is 474 g/mol. The van der Waals surface area contributed by atoms with E-state index in [0.717, 1.165) is 43.4 Å². The van der Waals surface area contributed by atoms with Gasteiger partial charge < -0.3 is 9.47 Å². The molecule has 0 aromatic carbocycles. The topological polar surface area (TPSA) is 101 Å². The Bertz CT molecular complexity index is 827. The van der Waals surface area contributed by atoms with Gasteiger partial charge in [0.05, 0.1) is 7.11 Å². The van der Waals surface area contributed by atoms with Crippen molar-refractivity contribution >= 4 is 11.9 Å². The van der Waals surface area contributed by atoms with Crippen molar-refractivity contribution in [3.63, 3.8) is 0 Å². The number of ether oxygens (including phenoxy) is 2. The van der Waals surface area contributed by atoms with Crippen LogP contribution < -0.4 is 0 Å². The number of esters is 2.